The quantitative estimate of drug-likeness (QED) is 0.0973. The molecule has 6 heterocycles. The molecule has 2 fully saturated rings. The Balaban J connectivity index is 0.951. The number of amidine groups is 1. The van der Waals surface area contributed by atoms with Gasteiger partial charge in [0.25, 0.3) is 11.9 Å². The summed E-state index contributed by atoms with van der Waals surface area (Å²) in [6, 6.07) is 9.58. The summed E-state index contributed by atoms with van der Waals surface area (Å²) in [5.41, 5.74) is 13.7. The summed E-state index contributed by atoms with van der Waals surface area (Å²) in [6.45, 7) is 8.94. The Morgan fingerprint density at radius 3 is 2.52 bits per heavy atom. The minimum atomic E-state index is -0.992. The summed E-state index contributed by atoms with van der Waals surface area (Å²) in [5, 5.41) is 15.9. The molecule has 5 N–H and O–H groups in total. The first-order valence-electron chi connectivity index (χ1n) is 20.9. The summed E-state index contributed by atoms with van der Waals surface area (Å²) in [5.74, 6) is 1.06. The van der Waals surface area contributed by atoms with Gasteiger partial charge in [0.05, 0.1) is 62.1 Å². The Labute approximate surface area is 348 Å². The van der Waals surface area contributed by atoms with Gasteiger partial charge in [-0.25, -0.2) is 9.37 Å². The van der Waals surface area contributed by atoms with E-state index < -0.39 is 18.2 Å². The van der Waals surface area contributed by atoms with Gasteiger partial charge in [0.2, 0.25) is 5.91 Å². The van der Waals surface area contributed by atoms with Crippen LogP contribution in [-0.2, 0) is 20.7 Å². The lowest BCUT2D eigenvalue weighted by molar-refractivity contribution is -0.566. The number of benzene rings is 2. The van der Waals surface area contributed by atoms with Crippen molar-refractivity contribution in [2.75, 3.05) is 45.1 Å². The van der Waals surface area contributed by atoms with Gasteiger partial charge in [-0.1, -0.05) is 45.9 Å². The molecule has 5 atom stereocenters. The highest BCUT2D eigenvalue weighted by molar-refractivity contribution is 5.95. The molecule has 3 amide bonds. The van der Waals surface area contributed by atoms with Gasteiger partial charge in [-0.05, 0) is 71.2 Å². The molecule has 3 aromatic rings. The minimum Gasteiger partial charge on any atom is -0.472 e. The van der Waals surface area contributed by atoms with E-state index in [1.54, 1.807) is 24.9 Å². The fourth-order valence-electron chi connectivity index (χ4n) is 9.40. The lowest BCUT2D eigenvalue weighted by atomic mass is 9.93. The van der Waals surface area contributed by atoms with E-state index in [9.17, 15) is 19.5 Å². The molecule has 1 aromatic heterocycles. The Morgan fingerprint density at radius 1 is 1.05 bits per heavy atom. The number of imidazole rings is 1. The number of rotatable bonds is 11. The number of aromatic nitrogens is 2. The monoisotopic (exact) mass is 825 g/mol. The number of likely N-dealkylation sites (tertiary alicyclic amines) is 2. The lowest BCUT2D eigenvalue weighted by Crippen LogP contribution is -2.53. The van der Waals surface area contributed by atoms with Crippen molar-refractivity contribution in [2.45, 2.75) is 90.0 Å². The van der Waals surface area contributed by atoms with Crippen LogP contribution >= 0.6 is 0 Å². The fourth-order valence-corrected chi connectivity index (χ4v) is 9.40. The largest absolute Gasteiger partial charge is 0.622 e. The van der Waals surface area contributed by atoms with Gasteiger partial charge in [-0.15, -0.1) is 0 Å². The molecule has 5 aliphatic rings. The third-order valence-electron chi connectivity index (χ3n) is 12.4. The van der Waals surface area contributed by atoms with Gasteiger partial charge in [-0.3, -0.25) is 19.9 Å². The molecule has 0 spiro atoms. The number of amides is 3. The fraction of sp³-hybridized carbons (Fsp3) is 0.512. The number of aromatic amines is 1. The van der Waals surface area contributed by atoms with Crippen LogP contribution in [0.4, 0.5) is 14.9 Å². The number of hydrogen-bond donors (Lipinski definition) is 5. The van der Waals surface area contributed by atoms with Crippen molar-refractivity contribution in [1.82, 2.24) is 30.4 Å². The van der Waals surface area contributed by atoms with E-state index in [0.29, 0.717) is 59.4 Å². The summed E-state index contributed by atoms with van der Waals surface area (Å²) >= 11 is 0. The lowest BCUT2D eigenvalue weighted by Gasteiger charge is -2.37. The van der Waals surface area contributed by atoms with Crippen LogP contribution in [0.3, 0.4) is 0 Å². The minimum absolute atomic E-state index is 0.0105. The molecule has 2 saturated heterocycles. The van der Waals surface area contributed by atoms with Crippen LogP contribution in [0.25, 0.3) is 17.0 Å². The number of ether oxygens (including phenoxy) is 2. The number of aliphatic hydroxyl groups excluding tert-OH is 1. The number of carbonyl (C=O) groups is 3. The van der Waals surface area contributed by atoms with E-state index in [0.717, 1.165) is 47.3 Å². The number of nitrogens with zero attached hydrogens (tertiary/aromatic N) is 6. The molecule has 0 aliphatic carbocycles. The van der Waals surface area contributed by atoms with Gasteiger partial charge in [0.1, 0.15) is 23.2 Å². The molecular weight excluding hydrogens is 772 g/mol. The second kappa shape index (κ2) is 16.8. The molecule has 318 valence electrons. The van der Waals surface area contributed by atoms with E-state index in [2.05, 4.69) is 20.6 Å². The summed E-state index contributed by atoms with van der Waals surface area (Å²) < 4.78 is 27.9. The summed E-state index contributed by atoms with van der Waals surface area (Å²) in [6.07, 6.45) is 4.11. The topological polar surface area (TPSA) is 192 Å². The van der Waals surface area contributed by atoms with Crippen molar-refractivity contribution in [3.05, 3.63) is 70.9 Å². The first-order chi connectivity index (χ1) is 28.9. The molecule has 60 heavy (non-hydrogen) atoms. The third-order valence-corrected chi connectivity index (χ3v) is 12.4. The van der Waals surface area contributed by atoms with Crippen molar-refractivity contribution >= 4 is 35.1 Å². The zero-order valence-corrected chi connectivity index (χ0v) is 34.7. The molecule has 2 aromatic carbocycles. The average Bonchev–Trinajstić information content (AvgIpc) is 4.08. The van der Waals surface area contributed by atoms with Crippen LogP contribution in [0.2, 0.25) is 0 Å². The number of methoxy groups -OCH3 is 1. The van der Waals surface area contributed by atoms with E-state index >= 15 is 4.39 Å². The number of halogens is 1. The smallest absolute Gasteiger partial charge is 0.472 e. The van der Waals surface area contributed by atoms with Crippen molar-refractivity contribution in [1.29, 1.82) is 5.53 Å². The normalized spacial score (nSPS) is 21.9. The number of fused-ring (bicyclic) bond motifs is 5. The molecule has 0 radical (unpaired) electrons. The summed E-state index contributed by atoms with van der Waals surface area (Å²) in [4.78, 5) is 57.8. The van der Waals surface area contributed by atoms with Crippen LogP contribution in [0.5, 0.6) is 5.75 Å². The maximum atomic E-state index is 16.3. The highest BCUT2D eigenvalue weighted by atomic mass is 19.1. The SMILES string of the molecule is COC(=O)[N+](=N)C(C(=O)N1CCCC1C1=NCC(c2ccc3c(c2)CC(F)=C2c4ccc(-c5cnc(C6CCCN6C(=O)C(NCO)C(C)C)[nH]5)cc4OCN23)N1)C(C)C. The van der Waals surface area contributed by atoms with E-state index in [1.165, 1.54) is 7.11 Å². The maximum absolute atomic E-state index is 16.3. The van der Waals surface area contributed by atoms with Crippen LogP contribution in [-0.4, -0.2) is 112 Å². The highest BCUT2D eigenvalue weighted by Gasteiger charge is 2.47. The number of H-pyrrole nitrogens is 1. The van der Waals surface area contributed by atoms with Crippen LogP contribution < -0.4 is 20.3 Å². The Morgan fingerprint density at radius 2 is 1.80 bits per heavy atom. The van der Waals surface area contributed by atoms with Crippen molar-refractivity contribution < 1.29 is 38.1 Å². The first kappa shape index (κ1) is 41.1. The van der Waals surface area contributed by atoms with Gasteiger partial charge < -0.3 is 39.6 Å². The number of allylic oxidation sites excluding steroid dienone is 1. The standard InChI is InChI=1S/C43H54FN10O6/c1-23(2)36(48-21-55)41(56)51-14-6-8-33(51)39-47-20-31(50-39)26-10-12-28-35(18-26)60-22-53-32-13-11-25(16-27(32)17-29(44)38(28)53)30-19-46-40(49-30)34-9-7-15-52(34)42(57)37(24(3)4)54(45)43(58)59-5/h10-13,16,18,20,23-24,30,33-34,36-37,45,48,55H,6-9,14-15,17,19,21-22H2,1-5H3,(H,46,49)(H,47,50)/q+1. The van der Waals surface area contributed by atoms with Crippen molar-refractivity contribution in [3.63, 3.8) is 0 Å². The van der Waals surface area contributed by atoms with Crippen molar-refractivity contribution in [2.24, 2.45) is 16.8 Å². The second-order valence-corrected chi connectivity index (χ2v) is 16.8. The molecule has 0 bridgehead atoms. The Kier molecular flexibility index (Phi) is 11.5. The van der Waals surface area contributed by atoms with Crippen molar-refractivity contribution in [3.8, 4) is 17.0 Å². The number of carbonyl (C=O) groups excluding carboxylic acids is 3. The Hall–Kier alpha value is -5.68. The van der Waals surface area contributed by atoms with Gasteiger partial charge >= 0.3 is 6.09 Å². The molecule has 8 rings (SSSR count). The van der Waals surface area contributed by atoms with Crippen LogP contribution in [0.15, 0.2) is 53.4 Å². The van der Waals surface area contributed by atoms with E-state index in [-0.39, 0.29) is 67.5 Å². The Bertz CT molecular complexity index is 2260. The van der Waals surface area contributed by atoms with Crippen LogP contribution in [0, 0.1) is 17.4 Å². The number of hydrogen-bond acceptors (Lipinski definition) is 12. The van der Waals surface area contributed by atoms with Crippen LogP contribution in [0.1, 0.15) is 88.0 Å². The molecule has 5 unspecified atom stereocenters. The summed E-state index contributed by atoms with van der Waals surface area (Å²) in [7, 11) is 1.19. The predicted molar refractivity (Wildman–Crippen MR) is 220 cm³/mol. The van der Waals surface area contributed by atoms with Gasteiger partial charge in [0, 0.05) is 42.2 Å². The zero-order chi connectivity index (χ0) is 42.4. The van der Waals surface area contributed by atoms with Gasteiger partial charge in [-0.2, -0.15) is 4.79 Å². The zero-order valence-electron chi connectivity index (χ0n) is 34.7. The van der Waals surface area contributed by atoms with E-state index in [1.807, 2.05) is 60.0 Å². The maximum Gasteiger partial charge on any atom is 0.622 e. The number of aliphatic hydroxyl groups is 1. The average molecular weight is 826 g/mol. The first-order valence-corrected chi connectivity index (χ1v) is 20.9. The number of nitrogens with one attached hydrogen (secondary N) is 4. The third kappa shape index (κ3) is 7.42. The molecule has 17 heteroatoms. The molecule has 0 saturated carbocycles. The highest BCUT2D eigenvalue weighted by Crippen LogP contribution is 2.46. The van der Waals surface area contributed by atoms with E-state index in [4.69, 9.17) is 20.0 Å². The predicted octanol–water partition coefficient (Wildman–Crippen LogP) is 5.22. The number of anilines is 1. The molecular formula is C43H54FN10O6+. The van der Waals surface area contributed by atoms with Gasteiger partial charge in [0.15, 0.2) is 6.73 Å². The molecule has 5 aliphatic heterocycles. The second-order valence-electron chi connectivity index (χ2n) is 16.8. The number of aliphatic imine (C=N–C) groups is 1. The molecule has 16 nitrogen and oxygen atoms in total.